The van der Waals surface area contributed by atoms with Gasteiger partial charge in [0.25, 0.3) is 5.91 Å². The maximum absolute atomic E-state index is 12.7. The highest BCUT2D eigenvalue weighted by Crippen LogP contribution is 2.30. The van der Waals surface area contributed by atoms with Crippen molar-refractivity contribution in [3.8, 4) is 0 Å². The average Bonchev–Trinajstić information content (AvgIpc) is 2.78. The number of carboxylic acids is 1. The first-order valence-corrected chi connectivity index (χ1v) is 6.99. The number of amides is 2. The van der Waals surface area contributed by atoms with E-state index in [9.17, 15) is 14.4 Å². The summed E-state index contributed by atoms with van der Waals surface area (Å²) in [4.78, 5) is 37.0. The van der Waals surface area contributed by atoms with E-state index in [1.807, 2.05) is 0 Å². The summed E-state index contributed by atoms with van der Waals surface area (Å²) in [5.41, 5.74) is 0.457. The first-order valence-electron chi connectivity index (χ1n) is 6.99. The molecule has 1 aromatic carbocycles. The van der Waals surface area contributed by atoms with Gasteiger partial charge in [0, 0.05) is 30.6 Å². The molecule has 2 fully saturated rings. The zero-order chi connectivity index (χ0) is 15.0. The predicted molar refractivity (Wildman–Crippen MR) is 74.0 cm³/mol. The molecule has 6 nitrogen and oxygen atoms in total. The minimum atomic E-state index is -1.06. The van der Waals surface area contributed by atoms with Gasteiger partial charge in [-0.15, -0.1) is 0 Å². The Bertz CT molecular complexity index is 613. The summed E-state index contributed by atoms with van der Waals surface area (Å²) in [6.07, 6.45) is 2.01. The summed E-state index contributed by atoms with van der Waals surface area (Å²) < 4.78 is 0. The monoisotopic (exact) mass is 288 g/mol. The Morgan fingerprint density at radius 3 is 2.67 bits per heavy atom. The molecule has 2 unspecified atom stereocenters. The first kappa shape index (κ1) is 13.6. The molecule has 110 valence electrons. The third-order valence-corrected chi connectivity index (χ3v) is 4.17. The number of aromatic carboxylic acids is 1. The Balaban J connectivity index is 1.89. The molecule has 3 rings (SSSR count). The van der Waals surface area contributed by atoms with E-state index in [-0.39, 0.29) is 29.5 Å². The summed E-state index contributed by atoms with van der Waals surface area (Å²) in [7, 11) is 0. The molecule has 2 amide bonds. The molecule has 2 bridgehead atoms. The van der Waals surface area contributed by atoms with Crippen LogP contribution in [-0.2, 0) is 4.79 Å². The van der Waals surface area contributed by atoms with Crippen molar-refractivity contribution in [1.82, 2.24) is 10.2 Å². The minimum absolute atomic E-state index is 0.00225. The van der Waals surface area contributed by atoms with Gasteiger partial charge in [0.1, 0.15) is 0 Å². The van der Waals surface area contributed by atoms with Gasteiger partial charge < -0.3 is 15.3 Å². The summed E-state index contributed by atoms with van der Waals surface area (Å²) in [5.74, 6) is -1.28. The number of fused-ring (bicyclic) bond motifs is 2. The number of hydrogen-bond donors (Lipinski definition) is 2. The molecule has 2 aliphatic rings. The number of rotatable bonds is 2. The van der Waals surface area contributed by atoms with Crippen molar-refractivity contribution in [2.45, 2.75) is 31.3 Å². The van der Waals surface area contributed by atoms with E-state index in [0.29, 0.717) is 18.5 Å². The number of carbonyl (C=O) groups excluding carboxylic acids is 2. The van der Waals surface area contributed by atoms with Crippen LogP contribution in [0.2, 0.25) is 0 Å². The fourth-order valence-electron chi connectivity index (χ4n) is 3.15. The first-order chi connectivity index (χ1) is 10.1. The van der Waals surface area contributed by atoms with E-state index in [4.69, 9.17) is 5.11 Å². The maximum atomic E-state index is 12.7. The molecular formula is C15H16N2O4. The van der Waals surface area contributed by atoms with Gasteiger partial charge >= 0.3 is 5.97 Å². The van der Waals surface area contributed by atoms with Gasteiger partial charge in [-0.05, 0) is 31.0 Å². The highest BCUT2D eigenvalue weighted by atomic mass is 16.4. The molecule has 2 N–H and O–H groups in total. The van der Waals surface area contributed by atoms with Crippen LogP contribution < -0.4 is 5.32 Å². The van der Waals surface area contributed by atoms with Gasteiger partial charge in [-0.2, -0.15) is 0 Å². The van der Waals surface area contributed by atoms with Gasteiger partial charge in [0.05, 0.1) is 5.56 Å². The van der Waals surface area contributed by atoms with Crippen molar-refractivity contribution in [2.75, 3.05) is 6.54 Å². The van der Waals surface area contributed by atoms with Gasteiger partial charge in [-0.25, -0.2) is 4.79 Å². The van der Waals surface area contributed by atoms with Crippen LogP contribution in [-0.4, -0.2) is 46.4 Å². The molecule has 2 aliphatic heterocycles. The highest BCUT2D eigenvalue weighted by molar-refractivity contribution is 5.98. The predicted octanol–water partition coefficient (Wildman–Crippen LogP) is 0.878. The lowest BCUT2D eigenvalue weighted by Gasteiger charge is -2.27. The molecule has 21 heavy (non-hydrogen) atoms. The summed E-state index contributed by atoms with van der Waals surface area (Å²) >= 11 is 0. The lowest BCUT2D eigenvalue weighted by Crippen LogP contribution is -2.42. The van der Waals surface area contributed by atoms with E-state index in [1.165, 1.54) is 12.1 Å². The zero-order valence-corrected chi connectivity index (χ0v) is 11.4. The topological polar surface area (TPSA) is 86.7 Å². The second-order valence-corrected chi connectivity index (χ2v) is 5.49. The normalized spacial score (nSPS) is 24.4. The van der Waals surface area contributed by atoms with Crippen LogP contribution in [0.3, 0.4) is 0 Å². The van der Waals surface area contributed by atoms with E-state index in [0.717, 1.165) is 12.8 Å². The number of hydrogen-bond acceptors (Lipinski definition) is 3. The lowest BCUT2D eigenvalue weighted by molar-refractivity contribution is -0.121. The molecule has 0 aliphatic carbocycles. The van der Waals surface area contributed by atoms with Crippen molar-refractivity contribution >= 4 is 17.8 Å². The van der Waals surface area contributed by atoms with Gasteiger partial charge in [-0.3, -0.25) is 9.59 Å². The van der Waals surface area contributed by atoms with E-state index in [1.54, 1.807) is 17.0 Å². The van der Waals surface area contributed by atoms with Crippen molar-refractivity contribution in [2.24, 2.45) is 0 Å². The van der Waals surface area contributed by atoms with Crippen LogP contribution >= 0.6 is 0 Å². The van der Waals surface area contributed by atoms with Gasteiger partial charge in [0.2, 0.25) is 5.91 Å². The van der Waals surface area contributed by atoms with Crippen LogP contribution in [0.5, 0.6) is 0 Å². The summed E-state index contributed by atoms with van der Waals surface area (Å²) in [6.45, 7) is 0.472. The van der Waals surface area contributed by atoms with Gasteiger partial charge in [0.15, 0.2) is 0 Å². The Morgan fingerprint density at radius 1 is 1.19 bits per heavy atom. The quantitative estimate of drug-likeness (QED) is 0.845. The third kappa shape index (κ3) is 2.49. The maximum Gasteiger partial charge on any atom is 0.335 e. The molecule has 0 aromatic heterocycles. The van der Waals surface area contributed by atoms with E-state index < -0.39 is 5.97 Å². The zero-order valence-electron chi connectivity index (χ0n) is 11.4. The fraction of sp³-hybridized carbons (Fsp3) is 0.400. The molecule has 0 radical (unpaired) electrons. The van der Waals surface area contributed by atoms with Crippen molar-refractivity contribution < 1.29 is 19.5 Å². The van der Waals surface area contributed by atoms with Crippen molar-refractivity contribution in [3.63, 3.8) is 0 Å². The van der Waals surface area contributed by atoms with Crippen molar-refractivity contribution in [1.29, 1.82) is 0 Å². The third-order valence-electron chi connectivity index (χ3n) is 4.17. The molecule has 0 saturated carbocycles. The Kier molecular flexibility index (Phi) is 3.37. The molecule has 1 aromatic rings. The molecule has 6 heteroatoms. The fourth-order valence-corrected chi connectivity index (χ4v) is 3.15. The SMILES string of the molecule is O=C1CC2CCC(CN1)N2C(=O)c1cccc(C(=O)O)c1. The molecule has 2 saturated heterocycles. The van der Waals surface area contributed by atoms with E-state index >= 15 is 0 Å². The van der Waals surface area contributed by atoms with Crippen molar-refractivity contribution in [3.05, 3.63) is 35.4 Å². The number of carbonyl (C=O) groups is 3. The molecule has 0 spiro atoms. The standard InChI is InChI=1S/C15H16N2O4/c18-13-7-11-4-5-12(8-16-13)17(11)14(19)9-2-1-3-10(6-9)15(20)21/h1-3,6,11-12H,4-5,7-8H2,(H,16,18)(H,20,21). The number of nitrogens with zero attached hydrogens (tertiary/aromatic N) is 1. The largest absolute Gasteiger partial charge is 0.478 e. The minimum Gasteiger partial charge on any atom is -0.478 e. The van der Waals surface area contributed by atoms with Crippen LogP contribution in [0.25, 0.3) is 0 Å². The number of nitrogens with one attached hydrogen (secondary N) is 1. The van der Waals surface area contributed by atoms with Crippen LogP contribution in [0, 0.1) is 0 Å². The molecule has 2 atom stereocenters. The van der Waals surface area contributed by atoms with E-state index in [2.05, 4.69) is 5.32 Å². The Morgan fingerprint density at radius 2 is 1.90 bits per heavy atom. The van der Waals surface area contributed by atoms with Crippen LogP contribution in [0.1, 0.15) is 40.0 Å². The Labute approximate surface area is 121 Å². The molecular weight excluding hydrogens is 272 g/mol. The average molecular weight is 288 g/mol. The summed E-state index contributed by atoms with van der Waals surface area (Å²) in [6, 6.07) is 5.96. The van der Waals surface area contributed by atoms with Crippen LogP contribution in [0.4, 0.5) is 0 Å². The summed E-state index contributed by atoms with van der Waals surface area (Å²) in [5, 5.41) is 11.8. The Hall–Kier alpha value is -2.37. The molecule has 2 heterocycles. The smallest absolute Gasteiger partial charge is 0.335 e. The number of carboxylic acid groups (broad SMARTS) is 1. The second kappa shape index (κ2) is 5.20. The second-order valence-electron chi connectivity index (χ2n) is 5.49. The van der Waals surface area contributed by atoms with Gasteiger partial charge in [-0.1, -0.05) is 6.07 Å². The van der Waals surface area contributed by atoms with Crippen LogP contribution in [0.15, 0.2) is 24.3 Å². The number of benzene rings is 1. The highest BCUT2D eigenvalue weighted by Gasteiger charge is 2.40. The lowest BCUT2D eigenvalue weighted by atomic mass is 10.1.